The average molecular weight is 364 g/mol. The Morgan fingerprint density at radius 2 is 1.37 bits per heavy atom. The number of nitrogens with zero attached hydrogens (tertiary/aromatic N) is 2. The second kappa shape index (κ2) is 8.29. The van der Waals surface area contributed by atoms with Gasteiger partial charge in [0.25, 0.3) is 0 Å². The number of ether oxygens (including phenoxy) is 2. The number of aromatic nitrogens is 2. The van der Waals surface area contributed by atoms with Crippen molar-refractivity contribution >= 4 is 0 Å². The summed E-state index contributed by atoms with van der Waals surface area (Å²) in [5.74, 6) is 0. The number of benzene rings is 2. The highest BCUT2D eigenvalue weighted by Gasteiger charge is 2.44. The molecule has 0 amide bonds. The summed E-state index contributed by atoms with van der Waals surface area (Å²) in [6.07, 6.45) is -0.742. The molecule has 0 saturated carbocycles. The molecular weight excluding hydrogens is 340 g/mol. The minimum absolute atomic E-state index is 0.222. The zero-order valence-electron chi connectivity index (χ0n) is 15.8. The Hall–Kier alpha value is -2.76. The summed E-state index contributed by atoms with van der Waals surface area (Å²) >= 11 is 0. The molecule has 0 aliphatic heterocycles. The molecule has 5 heteroatoms. The first-order chi connectivity index (χ1) is 13.1. The topological polar surface area (TPSA) is 64.5 Å². The number of hydrogen-bond donors (Lipinski definition) is 1. The highest BCUT2D eigenvalue weighted by molar-refractivity contribution is 5.38. The van der Waals surface area contributed by atoms with Gasteiger partial charge in [-0.15, -0.1) is 0 Å². The van der Waals surface area contributed by atoms with Crippen molar-refractivity contribution in [3.8, 4) is 6.01 Å². The normalized spacial score (nSPS) is 12.6. The van der Waals surface area contributed by atoms with Crippen LogP contribution in [0.5, 0.6) is 6.01 Å². The SMILES string of the molecule is COC(c1ccccc1)(c1ccccc1)[C@@H](CO)Oc1nc(C)cc(C)n1. The smallest absolute Gasteiger partial charge is 0.317 e. The van der Waals surface area contributed by atoms with Gasteiger partial charge < -0.3 is 14.6 Å². The number of aryl methyl sites for hydroxylation is 2. The molecule has 0 bridgehead atoms. The fourth-order valence-electron chi connectivity index (χ4n) is 3.40. The van der Waals surface area contributed by atoms with Crippen LogP contribution in [0.25, 0.3) is 0 Å². The molecule has 0 spiro atoms. The lowest BCUT2D eigenvalue weighted by atomic mass is 9.81. The molecular formula is C22H24N2O3. The summed E-state index contributed by atoms with van der Waals surface area (Å²) in [6, 6.07) is 21.6. The zero-order valence-corrected chi connectivity index (χ0v) is 15.8. The first kappa shape index (κ1) is 19.0. The summed E-state index contributed by atoms with van der Waals surface area (Å²) in [6.45, 7) is 3.49. The van der Waals surface area contributed by atoms with Gasteiger partial charge in [0.2, 0.25) is 0 Å². The van der Waals surface area contributed by atoms with Crippen molar-refractivity contribution in [3.05, 3.63) is 89.2 Å². The number of rotatable bonds is 7. The average Bonchev–Trinajstić information content (AvgIpc) is 2.69. The molecule has 1 N–H and O–H groups in total. The Bertz CT molecular complexity index is 809. The Balaban J connectivity index is 2.13. The number of methoxy groups -OCH3 is 1. The standard InChI is InChI=1S/C22H24N2O3/c1-16-14-17(2)24-21(23-16)27-20(15-25)22(26-3,18-10-6-4-7-11-18)19-12-8-5-9-13-19/h4-14,20,25H,15H2,1-3H3/t20-/m1/s1. The molecule has 3 rings (SSSR count). The first-order valence-electron chi connectivity index (χ1n) is 8.86. The van der Waals surface area contributed by atoms with Crippen LogP contribution in [-0.4, -0.2) is 34.9 Å². The lowest BCUT2D eigenvalue weighted by Gasteiger charge is -2.39. The molecule has 0 radical (unpaired) electrons. The van der Waals surface area contributed by atoms with Gasteiger partial charge in [-0.05, 0) is 31.0 Å². The lowest BCUT2D eigenvalue weighted by Crippen LogP contribution is -2.48. The molecule has 0 aliphatic rings. The summed E-state index contributed by atoms with van der Waals surface area (Å²) in [5, 5.41) is 10.3. The van der Waals surface area contributed by atoms with Gasteiger partial charge in [0.15, 0.2) is 11.7 Å². The minimum atomic E-state index is -1.02. The quantitative estimate of drug-likeness (QED) is 0.696. The predicted molar refractivity (Wildman–Crippen MR) is 104 cm³/mol. The molecule has 3 aromatic rings. The maximum absolute atomic E-state index is 10.3. The van der Waals surface area contributed by atoms with E-state index in [1.165, 1.54) is 0 Å². The van der Waals surface area contributed by atoms with E-state index in [0.717, 1.165) is 22.5 Å². The van der Waals surface area contributed by atoms with Gasteiger partial charge >= 0.3 is 6.01 Å². The second-order valence-corrected chi connectivity index (χ2v) is 6.39. The fraction of sp³-hybridized carbons (Fsp3) is 0.273. The third-order valence-corrected chi connectivity index (χ3v) is 4.56. The van der Waals surface area contributed by atoms with Gasteiger partial charge in [0, 0.05) is 18.5 Å². The Morgan fingerprint density at radius 1 is 0.889 bits per heavy atom. The molecule has 27 heavy (non-hydrogen) atoms. The maximum atomic E-state index is 10.3. The van der Waals surface area contributed by atoms with Crippen LogP contribution in [0.4, 0.5) is 0 Å². The van der Waals surface area contributed by atoms with E-state index >= 15 is 0 Å². The van der Waals surface area contributed by atoms with Crippen molar-refractivity contribution < 1.29 is 14.6 Å². The van der Waals surface area contributed by atoms with Crippen LogP contribution in [0, 0.1) is 13.8 Å². The number of hydrogen-bond acceptors (Lipinski definition) is 5. The van der Waals surface area contributed by atoms with Crippen molar-refractivity contribution in [1.82, 2.24) is 9.97 Å². The largest absolute Gasteiger partial charge is 0.454 e. The summed E-state index contributed by atoms with van der Waals surface area (Å²) in [4.78, 5) is 8.71. The van der Waals surface area contributed by atoms with Gasteiger partial charge in [-0.25, -0.2) is 9.97 Å². The van der Waals surface area contributed by atoms with Gasteiger partial charge in [-0.2, -0.15) is 0 Å². The minimum Gasteiger partial charge on any atom is -0.454 e. The Kier molecular flexibility index (Phi) is 5.84. The predicted octanol–water partition coefficient (Wildman–Crippen LogP) is 3.42. The molecule has 0 unspecified atom stereocenters. The van der Waals surface area contributed by atoms with Crippen molar-refractivity contribution in [3.63, 3.8) is 0 Å². The molecule has 2 aromatic carbocycles. The number of aliphatic hydroxyl groups excluding tert-OH is 1. The lowest BCUT2D eigenvalue weighted by molar-refractivity contribution is -0.0887. The van der Waals surface area contributed by atoms with Crippen LogP contribution in [0.3, 0.4) is 0 Å². The molecule has 0 aliphatic carbocycles. The monoisotopic (exact) mass is 364 g/mol. The highest BCUT2D eigenvalue weighted by atomic mass is 16.6. The Morgan fingerprint density at radius 3 is 1.78 bits per heavy atom. The first-order valence-corrected chi connectivity index (χ1v) is 8.86. The Labute approximate surface area is 159 Å². The maximum Gasteiger partial charge on any atom is 0.317 e. The van der Waals surface area contributed by atoms with E-state index in [4.69, 9.17) is 9.47 Å². The zero-order chi connectivity index (χ0) is 19.3. The molecule has 1 heterocycles. The molecule has 1 aromatic heterocycles. The van der Waals surface area contributed by atoms with Crippen molar-refractivity contribution in [2.45, 2.75) is 25.6 Å². The number of aliphatic hydroxyl groups is 1. The van der Waals surface area contributed by atoms with Crippen LogP contribution in [0.1, 0.15) is 22.5 Å². The summed E-state index contributed by atoms with van der Waals surface area (Å²) < 4.78 is 12.1. The molecule has 1 atom stereocenters. The van der Waals surface area contributed by atoms with Gasteiger partial charge in [0.1, 0.15) is 0 Å². The van der Waals surface area contributed by atoms with E-state index in [0.29, 0.717) is 0 Å². The van der Waals surface area contributed by atoms with Crippen LogP contribution < -0.4 is 4.74 Å². The van der Waals surface area contributed by atoms with Crippen LogP contribution >= 0.6 is 0 Å². The molecule has 140 valence electrons. The van der Waals surface area contributed by atoms with Crippen LogP contribution in [-0.2, 0) is 10.3 Å². The third kappa shape index (κ3) is 3.84. The molecule has 0 fully saturated rings. The summed E-state index contributed by atoms with van der Waals surface area (Å²) in [5.41, 5.74) is 2.34. The van der Waals surface area contributed by atoms with Gasteiger partial charge in [0.05, 0.1) is 6.61 Å². The van der Waals surface area contributed by atoms with E-state index in [-0.39, 0.29) is 12.6 Å². The molecule has 0 saturated heterocycles. The van der Waals surface area contributed by atoms with E-state index in [1.54, 1.807) is 7.11 Å². The van der Waals surface area contributed by atoms with Crippen molar-refractivity contribution in [2.75, 3.05) is 13.7 Å². The van der Waals surface area contributed by atoms with Crippen molar-refractivity contribution in [2.24, 2.45) is 0 Å². The van der Waals surface area contributed by atoms with Gasteiger partial charge in [-0.1, -0.05) is 60.7 Å². The fourth-order valence-corrected chi connectivity index (χ4v) is 3.40. The van der Waals surface area contributed by atoms with Crippen LogP contribution in [0.15, 0.2) is 66.7 Å². The molecule has 5 nitrogen and oxygen atoms in total. The third-order valence-electron chi connectivity index (χ3n) is 4.56. The van der Waals surface area contributed by atoms with E-state index < -0.39 is 11.7 Å². The van der Waals surface area contributed by atoms with E-state index in [2.05, 4.69) is 9.97 Å². The van der Waals surface area contributed by atoms with E-state index in [1.807, 2.05) is 80.6 Å². The highest BCUT2D eigenvalue weighted by Crippen LogP contribution is 2.38. The van der Waals surface area contributed by atoms with Crippen LogP contribution in [0.2, 0.25) is 0 Å². The summed E-state index contributed by atoms with van der Waals surface area (Å²) in [7, 11) is 1.62. The van der Waals surface area contributed by atoms with Crippen molar-refractivity contribution in [1.29, 1.82) is 0 Å². The second-order valence-electron chi connectivity index (χ2n) is 6.39. The van der Waals surface area contributed by atoms with E-state index in [9.17, 15) is 5.11 Å². The van der Waals surface area contributed by atoms with Gasteiger partial charge in [-0.3, -0.25) is 0 Å².